The third-order valence-electron chi connectivity index (χ3n) is 7.76. The van der Waals surface area contributed by atoms with Crippen LogP contribution in [-0.4, -0.2) is 19.6 Å². The predicted molar refractivity (Wildman–Crippen MR) is 176 cm³/mol. The van der Waals surface area contributed by atoms with Crippen LogP contribution in [0.3, 0.4) is 0 Å². The maximum absolute atomic E-state index is 10.9. The van der Waals surface area contributed by atoms with Crippen LogP contribution in [0.1, 0.15) is 26.3 Å². The number of aromatic hydroxyl groups is 1. The van der Waals surface area contributed by atoms with Crippen LogP contribution in [0, 0.1) is 6.07 Å². The zero-order valence-corrected chi connectivity index (χ0v) is 26.9. The molecule has 0 saturated heterocycles. The van der Waals surface area contributed by atoms with E-state index in [0.29, 0.717) is 5.69 Å². The Morgan fingerprint density at radius 3 is 2.18 bits per heavy atom. The second kappa shape index (κ2) is 11.7. The number of anilines is 3. The first kappa shape index (κ1) is 29.3. The molecule has 0 spiro atoms. The van der Waals surface area contributed by atoms with Crippen LogP contribution in [0.5, 0.6) is 5.75 Å². The van der Waals surface area contributed by atoms with Crippen molar-refractivity contribution in [3.63, 3.8) is 0 Å². The van der Waals surface area contributed by atoms with Gasteiger partial charge < -0.3 is 10.0 Å². The van der Waals surface area contributed by atoms with Crippen molar-refractivity contribution >= 4 is 39.1 Å². The third-order valence-corrected chi connectivity index (χ3v) is 7.76. The topological polar surface area (TPSA) is 54.2 Å². The first-order valence-corrected chi connectivity index (χ1v) is 14.4. The van der Waals surface area contributed by atoms with Crippen molar-refractivity contribution < 1.29 is 26.2 Å². The number of fused-ring (bicyclic) bond motifs is 3. The summed E-state index contributed by atoms with van der Waals surface area (Å²) >= 11 is 0. The SMILES string of the molecule is CC(C)(C)c1cc(-c2ccc3c4ccccc4n(-c4ccccc4O)c3n2)nc(N(c2[c-]cccc2)c2ccccc2)c1.[Pt]. The van der Waals surface area contributed by atoms with E-state index >= 15 is 0 Å². The summed E-state index contributed by atoms with van der Waals surface area (Å²) in [5, 5.41) is 12.9. The monoisotopic (exact) mass is 754 g/mol. The molecular weight excluding hydrogens is 724 g/mol. The molecule has 3 heterocycles. The van der Waals surface area contributed by atoms with E-state index in [9.17, 15) is 5.11 Å². The number of phenolic OH excluding ortho intramolecular Hbond substituents is 1. The van der Waals surface area contributed by atoms with Gasteiger partial charge in [0, 0.05) is 37.5 Å². The molecule has 4 aromatic carbocycles. The van der Waals surface area contributed by atoms with Crippen LogP contribution < -0.4 is 4.90 Å². The molecule has 0 bridgehead atoms. The molecule has 220 valence electrons. The van der Waals surface area contributed by atoms with Crippen molar-refractivity contribution in [2.45, 2.75) is 26.2 Å². The van der Waals surface area contributed by atoms with E-state index in [1.54, 1.807) is 6.07 Å². The Balaban J connectivity index is 0.00000343. The molecular formula is C38H31N4OPt-. The number of phenols is 1. The van der Waals surface area contributed by atoms with E-state index in [1.165, 1.54) is 0 Å². The molecule has 6 heteroatoms. The molecule has 0 saturated carbocycles. The molecule has 0 aliphatic heterocycles. The van der Waals surface area contributed by atoms with E-state index in [4.69, 9.17) is 9.97 Å². The minimum absolute atomic E-state index is 0. The second-order valence-corrected chi connectivity index (χ2v) is 11.7. The Hall–Kier alpha value is -4.73. The van der Waals surface area contributed by atoms with E-state index in [-0.39, 0.29) is 32.2 Å². The summed E-state index contributed by atoms with van der Waals surface area (Å²) in [6, 6.07) is 45.7. The van der Waals surface area contributed by atoms with Crippen LogP contribution in [0.15, 0.2) is 127 Å². The van der Waals surface area contributed by atoms with Crippen LogP contribution in [0.25, 0.3) is 39.0 Å². The smallest absolute Gasteiger partial charge is 0.146 e. The Labute approximate surface area is 271 Å². The second-order valence-electron chi connectivity index (χ2n) is 11.7. The maximum Gasteiger partial charge on any atom is 0.146 e. The first-order valence-electron chi connectivity index (χ1n) is 14.4. The quantitative estimate of drug-likeness (QED) is 0.178. The molecule has 44 heavy (non-hydrogen) atoms. The van der Waals surface area contributed by atoms with Gasteiger partial charge in [0.15, 0.2) is 0 Å². The largest absolute Gasteiger partial charge is 0.506 e. The number of rotatable bonds is 5. The van der Waals surface area contributed by atoms with E-state index in [1.807, 2.05) is 83.4 Å². The minimum atomic E-state index is -0.135. The summed E-state index contributed by atoms with van der Waals surface area (Å²) in [6.45, 7) is 6.64. The maximum atomic E-state index is 10.9. The van der Waals surface area contributed by atoms with Crippen molar-refractivity contribution in [1.82, 2.24) is 14.5 Å². The van der Waals surface area contributed by atoms with Gasteiger partial charge in [-0.15, -0.1) is 6.07 Å². The van der Waals surface area contributed by atoms with Gasteiger partial charge in [-0.1, -0.05) is 75.0 Å². The average molecular weight is 755 g/mol. The normalized spacial score (nSPS) is 11.4. The van der Waals surface area contributed by atoms with Gasteiger partial charge in [0.05, 0.1) is 22.6 Å². The van der Waals surface area contributed by atoms with Crippen LogP contribution in [-0.2, 0) is 26.5 Å². The molecule has 0 unspecified atom stereocenters. The number of pyridine rings is 2. The van der Waals surface area contributed by atoms with Crippen LogP contribution >= 0.6 is 0 Å². The summed E-state index contributed by atoms with van der Waals surface area (Å²) in [7, 11) is 0. The number of hydrogen-bond donors (Lipinski definition) is 1. The fourth-order valence-corrected chi connectivity index (χ4v) is 5.57. The Kier molecular flexibility index (Phi) is 7.83. The number of hydrogen-bond acceptors (Lipinski definition) is 4. The van der Waals surface area contributed by atoms with E-state index in [0.717, 1.165) is 56.1 Å². The Morgan fingerprint density at radius 2 is 1.43 bits per heavy atom. The van der Waals surface area contributed by atoms with Gasteiger partial charge in [0.2, 0.25) is 0 Å². The van der Waals surface area contributed by atoms with Gasteiger partial charge in [-0.2, -0.15) is 24.3 Å². The molecule has 7 aromatic rings. The number of para-hydroxylation sites is 5. The van der Waals surface area contributed by atoms with Gasteiger partial charge in [-0.3, -0.25) is 4.57 Å². The Morgan fingerprint density at radius 1 is 0.705 bits per heavy atom. The summed E-state index contributed by atoms with van der Waals surface area (Å²) in [4.78, 5) is 12.6. The predicted octanol–water partition coefficient (Wildman–Crippen LogP) is 9.51. The molecule has 7 rings (SSSR count). The van der Waals surface area contributed by atoms with Gasteiger partial charge >= 0.3 is 0 Å². The molecule has 0 fully saturated rings. The number of nitrogens with zero attached hydrogens (tertiary/aromatic N) is 4. The first-order chi connectivity index (χ1) is 20.9. The molecule has 1 N–H and O–H groups in total. The number of aromatic nitrogens is 3. The van der Waals surface area contributed by atoms with Gasteiger partial charge in [0.25, 0.3) is 0 Å². The van der Waals surface area contributed by atoms with E-state index in [2.05, 4.69) is 74.2 Å². The average Bonchev–Trinajstić information content (AvgIpc) is 3.35. The molecule has 0 radical (unpaired) electrons. The van der Waals surface area contributed by atoms with Crippen molar-refractivity contribution in [1.29, 1.82) is 0 Å². The van der Waals surface area contributed by atoms with Crippen molar-refractivity contribution in [2.24, 2.45) is 0 Å². The Bertz CT molecular complexity index is 2040. The summed E-state index contributed by atoms with van der Waals surface area (Å²) in [5.74, 6) is 0.990. The van der Waals surface area contributed by atoms with Gasteiger partial charge in [-0.05, 0) is 65.6 Å². The summed E-state index contributed by atoms with van der Waals surface area (Å²) in [6.07, 6.45) is 0. The van der Waals surface area contributed by atoms with Gasteiger partial charge in [0.1, 0.15) is 17.2 Å². The molecule has 0 atom stereocenters. The van der Waals surface area contributed by atoms with Crippen LogP contribution in [0.4, 0.5) is 17.2 Å². The molecule has 0 aliphatic carbocycles. The molecule has 3 aromatic heterocycles. The standard InChI is InChI=1S/C38H31N4O.Pt/c1-38(2,3)26-24-32(39-36(25-26)41(27-14-6-4-7-15-27)28-16-8-5-9-17-28)31-23-22-30-29-18-10-11-19-33(29)42(37(30)40-31)34-20-12-13-21-35(34)43;/h4-16,18-25,43H,1-3H3;/q-1;. The third kappa shape index (κ3) is 5.29. The zero-order chi connectivity index (χ0) is 29.6. The number of benzene rings is 4. The molecule has 5 nitrogen and oxygen atoms in total. The van der Waals surface area contributed by atoms with E-state index < -0.39 is 0 Å². The van der Waals surface area contributed by atoms with Crippen molar-refractivity contribution in [3.05, 3.63) is 139 Å². The van der Waals surface area contributed by atoms with Crippen molar-refractivity contribution in [2.75, 3.05) is 4.90 Å². The van der Waals surface area contributed by atoms with Crippen molar-refractivity contribution in [3.8, 4) is 22.8 Å². The van der Waals surface area contributed by atoms with Gasteiger partial charge in [-0.25, -0.2) is 9.97 Å². The summed E-state index contributed by atoms with van der Waals surface area (Å²) in [5.41, 5.74) is 6.87. The minimum Gasteiger partial charge on any atom is -0.506 e. The van der Waals surface area contributed by atoms with Crippen LogP contribution in [0.2, 0.25) is 0 Å². The molecule has 0 amide bonds. The fourth-order valence-electron chi connectivity index (χ4n) is 5.57. The summed E-state index contributed by atoms with van der Waals surface area (Å²) < 4.78 is 2.03. The zero-order valence-electron chi connectivity index (χ0n) is 24.7. The fraction of sp³-hybridized carbons (Fsp3) is 0.105. The molecule has 0 aliphatic rings.